The van der Waals surface area contributed by atoms with Gasteiger partial charge in [-0.15, -0.1) is 0 Å². The van der Waals surface area contributed by atoms with Crippen LogP contribution >= 0.6 is 0 Å². The van der Waals surface area contributed by atoms with Crippen molar-refractivity contribution in [1.82, 2.24) is 0 Å². The van der Waals surface area contributed by atoms with Crippen molar-refractivity contribution in [3.63, 3.8) is 0 Å². The molecule has 0 saturated carbocycles. The Kier molecular flexibility index (Phi) is 5.46. The Bertz CT molecular complexity index is 228. The molecule has 0 fully saturated rings. The Morgan fingerprint density at radius 2 is 2.08 bits per heavy atom. The van der Waals surface area contributed by atoms with Gasteiger partial charge in [-0.3, -0.25) is 0 Å². The molecule has 0 bridgehead atoms. The fourth-order valence-electron chi connectivity index (χ4n) is 1.33. The molecule has 67 valence electrons. The first-order valence-electron chi connectivity index (χ1n) is 4.24. The van der Waals surface area contributed by atoms with Crippen molar-refractivity contribution in [2.45, 2.75) is 33.1 Å². The monoisotopic (exact) mass is 334 g/mol. The van der Waals surface area contributed by atoms with Gasteiger partial charge >= 0.3 is 0 Å². The summed E-state index contributed by atoms with van der Waals surface area (Å²) in [5.41, 5.74) is 2.90. The van der Waals surface area contributed by atoms with Gasteiger partial charge in [0, 0.05) is 20.4 Å². The normalized spacial score (nSPS) is 9.67. The van der Waals surface area contributed by atoms with Gasteiger partial charge in [-0.2, -0.15) is 35.4 Å². The molecule has 1 rings (SSSR count). The van der Waals surface area contributed by atoms with Crippen LogP contribution in [0.4, 0.5) is 0 Å². The first-order valence-corrected chi connectivity index (χ1v) is 4.24. The van der Waals surface area contributed by atoms with Crippen LogP contribution in [0.3, 0.4) is 0 Å². The predicted molar refractivity (Wildman–Crippen MR) is 48.7 cm³/mol. The number of rotatable bonds is 2. The van der Waals surface area contributed by atoms with Crippen molar-refractivity contribution in [3.05, 3.63) is 35.4 Å². The molecule has 0 aliphatic carbocycles. The standard InChI is InChI=1S/C11H15.Re/c1-4-10-7-5-6-8-11(10)9(2)3;/h5,7-9H,4H2,1-3H3;/q-1;. The quantitative estimate of drug-likeness (QED) is 0.729. The smallest absolute Gasteiger partial charge is 0 e. The van der Waals surface area contributed by atoms with E-state index in [9.17, 15) is 0 Å². The van der Waals surface area contributed by atoms with Gasteiger partial charge in [-0.05, 0) is 0 Å². The summed E-state index contributed by atoms with van der Waals surface area (Å²) in [6.07, 6.45) is 1.13. The van der Waals surface area contributed by atoms with E-state index in [2.05, 4.69) is 39.0 Å². The number of hydrogen-bond donors (Lipinski definition) is 0. The van der Waals surface area contributed by atoms with Gasteiger partial charge in [0.2, 0.25) is 0 Å². The van der Waals surface area contributed by atoms with E-state index >= 15 is 0 Å². The first-order chi connectivity index (χ1) is 5.25. The SMILES string of the molecule is CCc1cc[c-]cc1C(C)C.[Re]. The van der Waals surface area contributed by atoms with Gasteiger partial charge in [0.1, 0.15) is 0 Å². The van der Waals surface area contributed by atoms with Crippen molar-refractivity contribution in [2.24, 2.45) is 0 Å². The second-order valence-electron chi connectivity index (χ2n) is 3.13. The molecule has 1 aromatic rings. The summed E-state index contributed by atoms with van der Waals surface area (Å²) in [6, 6.07) is 9.37. The van der Waals surface area contributed by atoms with Crippen LogP contribution in [-0.4, -0.2) is 0 Å². The zero-order valence-electron chi connectivity index (χ0n) is 7.89. The molecule has 0 aliphatic rings. The van der Waals surface area contributed by atoms with Crippen LogP contribution in [0, 0.1) is 6.07 Å². The van der Waals surface area contributed by atoms with Crippen LogP contribution in [0.1, 0.15) is 37.8 Å². The maximum atomic E-state index is 3.12. The zero-order chi connectivity index (χ0) is 8.27. The Balaban J connectivity index is 0.00000121. The topological polar surface area (TPSA) is 0 Å². The predicted octanol–water partition coefficient (Wildman–Crippen LogP) is 3.17. The van der Waals surface area contributed by atoms with Crippen LogP contribution in [0.5, 0.6) is 0 Å². The van der Waals surface area contributed by atoms with Gasteiger partial charge in [0.05, 0.1) is 0 Å². The van der Waals surface area contributed by atoms with Crippen molar-refractivity contribution >= 4 is 0 Å². The third kappa shape index (κ3) is 2.74. The number of benzene rings is 1. The first kappa shape index (κ1) is 11.9. The van der Waals surface area contributed by atoms with Crippen LogP contribution in [0.25, 0.3) is 0 Å². The molecule has 0 spiro atoms. The van der Waals surface area contributed by atoms with E-state index in [1.165, 1.54) is 11.1 Å². The molecular formula is C11H15Re-. The van der Waals surface area contributed by atoms with E-state index in [1.807, 2.05) is 6.07 Å². The molecule has 0 saturated heterocycles. The van der Waals surface area contributed by atoms with E-state index < -0.39 is 0 Å². The summed E-state index contributed by atoms with van der Waals surface area (Å²) in [5, 5.41) is 0. The summed E-state index contributed by atoms with van der Waals surface area (Å²) in [7, 11) is 0. The molecule has 0 nitrogen and oxygen atoms in total. The molecule has 1 heteroatoms. The third-order valence-corrected chi connectivity index (χ3v) is 1.99. The van der Waals surface area contributed by atoms with Gasteiger partial charge in [-0.1, -0.05) is 33.1 Å². The summed E-state index contributed by atoms with van der Waals surface area (Å²) in [5.74, 6) is 0.627. The number of aryl methyl sites for hydroxylation is 1. The summed E-state index contributed by atoms with van der Waals surface area (Å²) >= 11 is 0. The second-order valence-corrected chi connectivity index (χ2v) is 3.13. The fraction of sp³-hybridized carbons (Fsp3) is 0.455. The molecular weight excluding hydrogens is 318 g/mol. The Morgan fingerprint density at radius 1 is 1.42 bits per heavy atom. The third-order valence-electron chi connectivity index (χ3n) is 1.99. The van der Waals surface area contributed by atoms with Gasteiger partial charge in [0.25, 0.3) is 0 Å². The Labute approximate surface area is 89.0 Å². The average Bonchev–Trinajstić information content (AvgIpc) is 2.04. The molecule has 1 aromatic carbocycles. The summed E-state index contributed by atoms with van der Waals surface area (Å²) < 4.78 is 0. The molecule has 0 unspecified atom stereocenters. The second kappa shape index (κ2) is 5.51. The maximum Gasteiger partial charge on any atom is 0 e. The van der Waals surface area contributed by atoms with Gasteiger partial charge in [-0.25, -0.2) is 0 Å². The molecule has 12 heavy (non-hydrogen) atoms. The van der Waals surface area contributed by atoms with Gasteiger partial charge in [0.15, 0.2) is 0 Å². The summed E-state index contributed by atoms with van der Waals surface area (Å²) in [6.45, 7) is 6.64. The molecule has 0 heterocycles. The van der Waals surface area contributed by atoms with Gasteiger partial charge < -0.3 is 0 Å². The minimum absolute atomic E-state index is 0. The summed E-state index contributed by atoms with van der Waals surface area (Å²) in [4.78, 5) is 0. The van der Waals surface area contributed by atoms with E-state index in [1.54, 1.807) is 0 Å². The zero-order valence-corrected chi connectivity index (χ0v) is 10.6. The fourth-order valence-corrected chi connectivity index (χ4v) is 1.33. The minimum atomic E-state index is 0. The average molecular weight is 333 g/mol. The molecule has 0 atom stereocenters. The van der Waals surface area contributed by atoms with Crippen molar-refractivity contribution in [1.29, 1.82) is 0 Å². The number of hydrogen-bond acceptors (Lipinski definition) is 0. The van der Waals surface area contributed by atoms with E-state index in [4.69, 9.17) is 0 Å². The Hall–Kier alpha value is -0.118. The van der Waals surface area contributed by atoms with Crippen molar-refractivity contribution in [2.75, 3.05) is 0 Å². The molecule has 0 aromatic heterocycles. The van der Waals surface area contributed by atoms with Crippen LogP contribution in [0.2, 0.25) is 0 Å². The van der Waals surface area contributed by atoms with Crippen LogP contribution in [0.15, 0.2) is 18.2 Å². The van der Waals surface area contributed by atoms with E-state index in [0.29, 0.717) is 5.92 Å². The van der Waals surface area contributed by atoms with E-state index in [0.717, 1.165) is 6.42 Å². The maximum absolute atomic E-state index is 3.12. The minimum Gasteiger partial charge on any atom is -0.184 e. The largest absolute Gasteiger partial charge is 0.184 e. The Morgan fingerprint density at radius 3 is 2.50 bits per heavy atom. The van der Waals surface area contributed by atoms with Crippen molar-refractivity contribution in [3.8, 4) is 0 Å². The molecule has 0 N–H and O–H groups in total. The molecule has 0 aliphatic heterocycles. The van der Waals surface area contributed by atoms with Crippen LogP contribution in [-0.2, 0) is 26.8 Å². The molecule has 1 radical (unpaired) electrons. The van der Waals surface area contributed by atoms with Crippen molar-refractivity contribution < 1.29 is 20.4 Å². The van der Waals surface area contributed by atoms with Crippen LogP contribution < -0.4 is 0 Å². The molecule has 0 amide bonds. The van der Waals surface area contributed by atoms with E-state index in [-0.39, 0.29) is 20.4 Å².